The summed E-state index contributed by atoms with van der Waals surface area (Å²) in [5.74, 6) is -0.792. The highest BCUT2D eigenvalue weighted by Crippen LogP contribution is 2.31. The van der Waals surface area contributed by atoms with Gasteiger partial charge in [0.25, 0.3) is 0 Å². The van der Waals surface area contributed by atoms with Crippen molar-refractivity contribution in [3.05, 3.63) is 100 Å². The highest BCUT2D eigenvalue weighted by molar-refractivity contribution is 7.92. The Morgan fingerprint density at radius 3 is 2.12 bits per heavy atom. The summed E-state index contributed by atoms with van der Waals surface area (Å²) in [6, 6.07) is 22.4. The van der Waals surface area contributed by atoms with Gasteiger partial charge >= 0.3 is 0 Å². The molecule has 1 fully saturated rings. The van der Waals surface area contributed by atoms with Gasteiger partial charge in [-0.25, -0.2) is 8.42 Å². The number of rotatable bonds is 11. The first-order chi connectivity index (χ1) is 19.1. The van der Waals surface area contributed by atoms with Gasteiger partial charge in [0.15, 0.2) is 0 Å². The van der Waals surface area contributed by atoms with Crippen molar-refractivity contribution in [2.24, 2.45) is 0 Å². The maximum Gasteiger partial charge on any atom is 0.244 e. The Morgan fingerprint density at radius 2 is 1.52 bits per heavy atom. The molecule has 0 bridgehead atoms. The van der Waals surface area contributed by atoms with Crippen LogP contribution in [0.1, 0.15) is 36.8 Å². The molecule has 3 aromatic rings. The van der Waals surface area contributed by atoms with Crippen LogP contribution in [-0.2, 0) is 32.6 Å². The van der Waals surface area contributed by atoms with E-state index < -0.39 is 28.5 Å². The lowest BCUT2D eigenvalue weighted by Crippen LogP contribution is -2.54. The summed E-state index contributed by atoms with van der Waals surface area (Å²) in [6.07, 6.45) is 5.16. The summed E-state index contributed by atoms with van der Waals surface area (Å²) in [5.41, 5.74) is 1.80. The number of sulfonamides is 1. The summed E-state index contributed by atoms with van der Waals surface area (Å²) in [6.45, 7) is -0.427. The number of halogens is 2. The summed E-state index contributed by atoms with van der Waals surface area (Å²) >= 11 is 12.5. The average molecular weight is 603 g/mol. The van der Waals surface area contributed by atoms with Crippen molar-refractivity contribution in [2.45, 2.75) is 50.7 Å². The summed E-state index contributed by atoms with van der Waals surface area (Å²) in [4.78, 5) is 29.4. The maximum atomic E-state index is 14.1. The Balaban J connectivity index is 1.73. The van der Waals surface area contributed by atoms with Gasteiger partial charge in [0, 0.05) is 24.0 Å². The van der Waals surface area contributed by atoms with E-state index in [1.807, 2.05) is 60.7 Å². The van der Waals surface area contributed by atoms with Gasteiger partial charge in [0.1, 0.15) is 12.6 Å². The summed E-state index contributed by atoms with van der Waals surface area (Å²) in [5, 5.41) is 3.56. The van der Waals surface area contributed by atoms with Gasteiger partial charge in [0.2, 0.25) is 21.8 Å². The van der Waals surface area contributed by atoms with Gasteiger partial charge in [-0.05, 0) is 42.2 Å². The number of hydrogen-bond donors (Lipinski definition) is 1. The third kappa shape index (κ3) is 7.99. The van der Waals surface area contributed by atoms with Crippen LogP contribution in [0.4, 0.5) is 5.69 Å². The van der Waals surface area contributed by atoms with Crippen LogP contribution >= 0.6 is 23.2 Å². The smallest absolute Gasteiger partial charge is 0.244 e. The highest BCUT2D eigenvalue weighted by Gasteiger charge is 2.34. The van der Waals surface area contributed by atoms with E-state index in [1.54, 1.807) is 6.07 Å². The average Bonchev–Trinajstić information content (AvgIpc) is 3.44. The molecule has 40 heavy (non-hydrogen) atoms. The fourth-order valence-corrected chi connectivity index (χ4v) is 6.26. The Hall–Kier alpha value is -3.07. The summed E-state index contributed by atoms with van der Waals surface area (Å²) in [7, 11) is -3.94. The molecule has 3 aromatic carbocycles. The van der Waals surface area contributed by atoms with Crippen molar-refractivity contribution in [1.82, 2.24) is 10.2 Å². The Kier molecular flexibility index (Phi) is 10.1. The minimum Gasteiger partial charge on any atom is -0.352 e. The molecule has 1 aliphatic carbocycles. The van der Waals surface area contributed by atoms with Crippen molar-refractivity contribution in [1.29, 1.82) is 0 Å². The molecule has 7 nitrogen and oxygen atoms in total. The van der Waals surface area contributed by atoms with E-state index in [-0.39, 0.29) is 40.6 Å². The Morgan fingerprint density at radius 1 is 0.925 bits per heavy atom. The molecule has 0 radical (unpaired) electrons. The molecule has 0 unspecified atom stereocenters. The zero-order valence-electron chi connectivity index (χ0n) is 22.3. The largest absolute Gasteiger partial charge is 0.352 e. The van der Waals surface area contributed by atoms with Crippen LogP contribution in [-0.4, -0.2) is 50.0 Å². The lowest BCUT2D eigenvalue weighted by molar-refractivity contribution is -0.140. The minimum atomic E-state index is -3.94. The first kappa shape index (κ1) is 29.9. The molecule has 0 aliphatic heterocycles. The molecule has 0 aromatic heterocycles. The first-order valence-corrected chi connectivity index (χ1v) is 15.8. The third-order valence-corrected chi connectivity index (χ3v) is 8.71. The quantitative estimate of drug-likeness (QED) is 0.316. The number of nitrogens with one attached hydrogen (secondary N) is 1. The van der Waals surface area contributed by atoms with E-state index in [1.165, 1.54) is 17.0 Å². The van der Waals surface area contributed by atoms with E-state index >= 15 is 0 Å². The van der Waals surface area contributed by atoms with Crippen LogP contribution in [0.5, 0.6) is 0 Å². The second-order valence-corrected chi connectivity index (χ2v) is 12.8. The van der Waals surface area contributed by atoms with E-state index in [0.717, 1.165) is 47.4 Å². The monoisotopic (exact) mass is 601 g/mol. The van der Waals surface area contributed by atoms with E-state index in [9.17, 15) is 18.0 Å². The van der Waals surface area contributed by atoms with Crippen molar-refractivity contribution in [3.8, 4) is 0 Å². The molecular formula is C30H33Cl2N3O4S. The van der Waals surface area contributed by atoms with Crippen molar-refractivity contribution in [2.75, 3.05) is 17.1 Å². The van der Waals surface area contributed by atoms with Crippen LogP contribution in [0.15, 0.2) is 78.9 Å². The number of hydrogen-bond acceptors (Lipinski definition) is 4. The van der Waals surface area contributed by atoms with Gasteiger partial charge in [-0.2, -0.15) is 0 Å². The molecule has 4 rings (SSSR count). The molecule has 212 valence electrons. The molecule has 1 saturated carbocycles. The van der Waals surface area contributed by atoms with Gasteiger partial charge in [-0.1, -0.05) is 96.7 Å². The zero-order valence-corrected chi connectivity index (χ0v) is 24.6. The predicted molar refractivity (Wildman–Crippen MR) is 160 cm³/mol. The van der Waals surface area contributed by atoms with Crippen LogP contribution in [0.25, 0.3) is 0 Å². The first-order valence-electron chi connectivity index (χ1n) is 13.2. The molecule has 2 amide bonds. The molecule has 1 N–H and O–H groups in total. The van der Waals surface area contributed by atoms with Crippen molar-refractivity contribution >= 4 is 50.7 Å². The van der Waals surface area contributed by atoms with Gasteiger partial charge in [-0.15, -0.1) is 0 Å². The molecule has 0 heterocycles. The van der Waals surface area contributed by atoms with Gasteiger partial charge < -0.3 is 10.2 Å². The molecule has 10 heteroatoms. The van der Waals surface area contributed by atoms with E-state index in [4.69, 9.17) is 23.2 Å². The highest BCUT2D eigenvalue weighted by atomic mass is 35.5. The van der Waals surface area contributed by atoms with Gasteiger partial charge in [-0.3, -0.25) is 13.9 Å². The fourth-order valence-electron chi connectivity index (χ4n) is 4.97. The van der Waals surface area contributed by atoms with Gasteiger partial charge in [0.05, 0.1) is 17.0 Å². The standard InChI is InChI=1S/C30H33Cl2N3O4S/c1-40(38,39)35(27-19-24(31)16-17-26(27)32)21-29(36)34(20-23-12-6-3-7-13-23)28(18-22-10-4-2-5-11-22)30(37)33-25-14-8-9-15-25/h2-7,10-13,16-17,19,25,28H,8-9,14-15,18,20-21H2,1H3,(H,33,37)/t28-/m0/s1. The van der Waals surface area contributed by atoms with Crippen LogP contribution in [0.2, 0.25) is 10.0 Å². The number of carbonyl (C=O) groups excluding carboxylic acids is 2. The van der Waals surface area contributed by atoms with Crippen molar-refractivity contribution < 1.29 is 18.0 Å². The molecule has 1 atom stereocenters. The van der Waals surface area contributed by atoms with Crippen molar-refractivity contribution in [3.63, 3.8) is 0 Å². The minimum absolute atomic E-state index is 0.0530. The number of amides is 2. The molecule has 0 spiro atoms. The number of benzene rings is 3. The number of carbonyl (C=O) groups is 2. The molecule has 0 saturated heterocycles. The van der Waals surface area contributed by atoms with E-state index in [0.29, 0.717) is 0 Å². The summed E-state index contributed by atoms with van der Waals surface area (Å²) < 4.78 is 26.8. The Bertz CT molecular complexity index is 1420. The predicted octanol–water partition coefficient (Wildman–Crippen LogP) is 5.46. The zero-order chi connectivity index (χ0) is 28.7. The molecular weight excluding hydrogens is 569 g/mol. The SMILES string of the molecule is CS(=O)(=O)N(CC(=O)N(Cc1ccccc1)[C@@H](Cc1ccccc1)C(=O)NC1CCCC1)c1cc(Cl)ccc1Cl. The topological polar surface area (TPSA) is 86.8 Å². The molecule has 1 aliphatic rings. The lowest BCUT2D eigenvalue weighted by Gasteiger charge is -2.34. The third-order valence-electron chi connectivity index (χ3n) is 7.02. The normalized spacial score (nSPS) is 14.5. The fraction of sp³-hybridized carbons (Fsp3) is 0.333. The number of nitrogens with zero attached hydrogens (tertiary/aromatic N) is 2. The van der Waals surface area contributed by atoms with Crippen LogP contribution in [0, 0.1) is 0 Å². The maximum absolute atomic E-state index is 14.1. The van der Waals surface area contributed by atoms with E-state index in [2.05, 4.69) is 5.32 Å². The van der Waals surface area contributed by atoms with Crippen LogP contribution < -0.4 is 9.62 Å². The van der Waals surface area contributed by atoms with Crippen LogP contribution in [0.3, 0.4) is 0 Å². The Labute approximate surface area is 246 Å². The second-order valence-electron chi connectivity index (χ2n) is 10.1. The lowest BCUT2D eigenvalue weighted by atomic mass is 10.0. The number of anilines is 1. The second kappa shape index (κ2) is 13.5.